The number of primary amides is 1. The van der Waals surface area contributed by atoms with Gasteiger partial charge >= 0.3 is 0 Å². The Morgan fingerprint density at radius 3 is 2.62 bits per heavy atom. The molecule has 0 radical (unpaired) electrons. The lowest BCUT2D eigenvalue weighted by Crippen LogP contribution is -2.50. The van der Waals surface area contributed by atoms with Gasteiger partial charge in [-0.05, 0) is 24.1 Å². The van der Waals surface area contributed by atoms with Gasteiger partial charge in [-0.1, -0.05) is 13.8 Å². The van der Waals surface area contributed by atoms with Crippen LogP contribution >= 0.6 is 0 Å². The number of furan rings is 1. The highest BCUT2D eigenvalue weighted by molar-refractivity contribution is 5.94. The maximum absolute atomic E-state index is 11.6. The number of hydrogen-bond acceptors (Lipinski definition) is 4. The van der Waals surface area contributed by atoms with Gasteiger partial charge < -0.3 is 20.8 Å². The highest BCUT2D eigenvalue weighted by Crippen LogP contribution is 2.02. The zero-order chi connectivity index (χ0) is 15.8. The minimum absolute atomic E-state index is 0.124. The minimum atomic E-state index is -0.756. The van der Waals surface area contributed by atoms with E-state index in [9.17, 15) is 14.4 Å². The molecule has 1 aromatic rings. The van der Waals surface area contributed by atoms with Gasteiger partial charge in [0.1, 0.15) is 11.8 Å². The second-order valence-electron chi connectivity index (χ2n) is 4.76. The number of carbonyl (C=O) groups is 3. The topological polar surface area (TPSA) is 114 Å². The molecule has 1 rings (SSSR count). The molecule has 3 amide bonds. The average molecular weight is 293 g/mol. The molecule has 0 aliphatic heterocycles. The molecule has 0 aliphatic rings. The van der Waals surface area contributed by atoms with Crippen molar-refractivity contribution in [1.29, 1.82) is 0 Å². The molecule has 7 heteroatoms. The number of hydrogen-bond donors (Lipinski definition) is 3. The molecule has 0 saturated carbocycles. The Balaban J connectivity index is 2.38. The number of nitrogens with two attached hydrogens (primary N) is 1. The molecule has 0 aliphatic carbocycles. The molecule has 21 heavy (non-hydrogen) atoms. The van der Waals surface area contributed by atoms with Crippen LogP contribution in [0.5, 0.6) is 0 Å². The predicted molar refractivity (Wildman–Crippen MR) is 76.7 cm³/mol. The van der Waals surface area contributed by atoms with Crippen LogP contribution in [-0.2, 0) is 14.4 Å². The summed E-state index contributed by atoms with van der Waals surface area (Å²) in [4.78, 5) is 34.3. The molecular weight excluding hydrogens is 274 g/mol. The standard InChI is InChI=1S/C14H19N3O4/c1-9(2)13(14(15)20)17-12(19)8-16-11(18)6-5-10-4-3-7-21-10/h3-7,9,13H,8H2,1-2H3,(H2,15,20)(H,16,18)(H,17,19)/b6-5+/t13-/m1/s1. The third-order valence-corrected chi connectivity index (χ3v) is 2.66. The third kappa shape index (κ3) is 5.94. The SMILES string of the molecule is CC(C)[C@@H](NC(=O)CNC(=O)/C=C/c1ccco1)C(N)=O. The van der Waals surface area contributed by atoms with Crippen molar-refractivity contribution in [3.8, 4) is 0 Å². The van der Waals surface area contributed by atoms with E-state index in [-0.39, 0.29) is 12.5 Å². The summed E-state index contributed by atoms with van der Waals surface area (Å²) in [6.07, 6.45) is 4.22. The van der Waals surface area contributed by atoms with Crippen molar-refractivity contribution < 1.29 is 18.8 Å². The Kier molecular flexibility index (Phi) is 6.19. The molecule has 4 N–H and O–H groups in total. The van der Waals surface area contributed by atoms with E-state index in [4.69, 9.17) is 10.2 Å². The van der Waals surface area contributed by atoms with Crippen molar-refractivity contribution in [2.75, 3.05) is 6.54 Å². The molecule has 0 bridgehead atoms. The van der Waals surface area contributed by atoms with Gasteiger partial charge in [-0.15, -0.1) is 0 Å². The molecule has 0 saturated heterocycles. The molecule has 0 aromatic carbocycles. The Hall–Kier alpha value is -2.57. The number of amides is 3. The van der Waals surface area contributed by atoms with Crippen molar-refractivity contribution in [2.45, 2.75) is 19.9 Å². The summed E-state index contributed by atoms with van der Waals surface area (Å²) in [7, 11) is 0. The normalized spacial score (nSPS) is 12.3. The van der Waals surface area contributed by atoms with E-state index in [1.807, 2.05) is 0 Å². The fourth-order valence-corrected chi connectivity index (χ4v) is 1.56. The lowest BCUT2D eigenvalue weighted by molar-refractivity contribution is -0.128. The highest BCUT2D eigenvalue weighted by atomic mass is 16.3. The molecule has 1 heterocycles. The smallest absolute Gasteiger partial charge is 0.244 e. The number of nitrogens with one attached hydrogen (secondary N) is 2. The average Bonchev–Trinajstić information content (AvgIpc) is 2.92. The van der Waals surface area contributed by atoms with Gasteiger partial charge in [0.05, 0.1) is 12.8 Å². The van der Waals surface area contributed by atoms with Crippen LogP contribution in [-0.4, -0.2) is 30.3 Å². The fraction of sp³-hybridized carbons (Fsp3) is 0.357. The minimum Gasteiger partial charge on any atom is -0.465 e. The lowest BCUT2D eigenvalue weighted by atomic mass is 10.0. The van der Waals surface area contributed by atoms with Crippen molar-refractivity contribution in [1.82, 2.24) is 10.6 Å². The third-order valence-electron chi connectivity index (χ3n) is 2.66. The second kappa shape index (κ2) is 7.88. The molecular formula is C14H19N3O4. The van der Waals surface area contributed by atoms with Crippen LogP contribution in [0.2, 0.25) is 0 Å². The Bertz CT molecular complexity index is 520. The Labute approximate surface area is 122 Å². The van der Waals surface area contributed by atoms with Crippen molar-refractivity contribution in [3.05, 3.63) is 30.2 Å². The van der Waals surface area contributed by atoms with E-state index in [1.165, 1.54) is 18.4 Å². The molecule has 1 atom stereocenters. The van der Waals surface area contributed by atoms with Gasteiger partial charge in [-0.25, -0.2) is 0 Å². The first-order valence-corrected chi connectivity index (χ1v) is 6.48. The van der Waals surface area contributed by atoms with Crippen LogP contribution in [0.25, 0.3) is 6.08 Å². The van der Waals surface area contributed by atoms with Crippen LogP contribution in [0.3, 0.4) is 0 Å². The van der Waals surface area contributed by atoms with Gasteiger partial charge in [-0.3, -0.25) is 14.4 Å². The summed E-state index contributed by atoms with van der Waals surface area (Å²) < 4.78 is 5.02. The Morgan fingerprint density at radius 2 is 2.10 bits per heavy atom. The molecule has 114 valence electrons. The molecule has 0 fully saturated rings. The first-order valence-electron chi connectivity index (χ1n) is 6.48. The van der Waals surface area contributed by atoms with Gasteiger partial charge in [0.15, 0.2) is 0 Å². The van der Waals surface area contributed by atoms with E-state index >= 15 is 0 Å². The van der Waals surface area contributed by atoms with E-state index in [0.29, 0.717) is 5.76 Å². The molecule has 0 spiro atoms. The van der Waals surface area contributed by atoms with Crippen LogP contribution in [0.4, 0.5) is 0 Å². The van der Waals surface area contributed by atoms with E-state index < -0.39 is 23.8 Å². The molecule has 1 aromatic heterocycles. The van der Waals surface area contributed by atoms with Crippen LogP contribution < -0.4 is 16.4 Å². The van der Waals surface area contributed by atoms with Gasteiger partial charge in [0, 0.05) is 6.08 Å². The van der Waals surface area contributed by atoms with Gasteiger partial charge in [0.2, 0.25) is 17.7 Å². The highest BCUT2D eigenvalue weighted by Gasteiger charge is 2.21. The molecule has 0 unspecified atom stereocenters. The maximum Gasteiger partial charge on any atom is 0.244 e. The van der Waals surface area contributed by atoms with E-state index in [2.05, 4.69) is 10.6 Å². The largest absolute Gasteiger partial charge is 0.465 e. The monoisotopic (exact) mass is 293 g/mol. The van der Waals surface area contributed by atoms with Crippen molar-refractivity contribution in [3.63, 3.8) is 0 Å². The summed E-state index contributed by atoms with van der Waals surface area (Å²) in [6.45, 7) is 3.29. The van der Waals surface area contributed by atoms with E-state index in [1.54, 1.807) is 26.0 Å². The summed E-state index contributed by atoms with van der Waals surface area (Å²) >= 11 is 0. The zero-order valence-electron chi connectivity index (χ0n) is 12.0. The van der Waals surface area contributed by atoms with E-state index in [0.717, 1.165) is 0 Å². The number of rotatable bonds is 7. The predicted octanol–water partition coefficient (Wildman–Crippen LogP) is 0.0351. The zero-order valence-corrected chi connectivity index (χ0v) is 12.0. The van der Waals surface area contributed by atoms with Crippen LogP contribution in [0.15, 0.2) is 28.9 Å². The fourth-order valence-electron chi connectivity index (χ4n) is 1.56. The summed E-state index contributed by atoms with van der Waals surface area (Å²) in [6, 6.07) is 2.63. The summed E-state index contributed by atoms with van der Waals surface area (Å²) in [5, 5.41) is 4.87. The quantitative estimate of drug-likeness (QED) is 0.615. The first-order chi connectivity index (χ1) is 9.90. The lowest BCUT2D eigenvalue weighted by Gasteiger charge is -2.18. The van der Waals surface area contributed by atoms with Gasteiger partial charge in [0.25, 0.3) is 0 Å². The van der Waals surface area contributed by atoms with Crippen molar-refractivity contribution in [2.24, 2.45) is 11.7 Å². The van der Waals surface area contributed by atoms with Gasteiger partial charge in [-0.2, -0.15) is 0 Å². The second-order valence-corrected chi connectivity index (χ2v) is 4.76. The summed E-state index contributed by atoms with van der Waals surface area (Å²) in [5.74, 6) is -1.12. The Morgan fingerprint density at radius 1 is 1.38 bits per heavy atom. The van der Waals surface area contributed by atoms with Crippen LogP contribution in [0, 0.1) is 5.92 Å². The first kappa shape index (κ1) is 16.5. The molecule has 7 nitrogen and oxygen atoms in total. The van der Waals surface area contributed by atoms with Crippen molar-refractivity contribution >= 4 is 23.8 Å². The summed E-state index contributed by atoms with van der Waals surface area (Å²) in [5.41, 5.74) is 5.18. The maximum atomic E-state index is 11.6. The van der Waals surface area contributed by atoms with Crippen LogP contribution in [0.1, 0.15) is 19.6 Å². The number of carbonyl (C=O) groups excluding carboxylic acids is 3.